The predicted octanol–water partition coefficient (Wildman–Crippen LogP) is 4.04. The van der Waals surface area contributed by atoms with Gasteiger partial charge in [-0.15, -0.1) is 0 Å². The number of ether oxygens (including phenoxy) is 1. The van der Waals surface area contributed by atoms with Crippen molar-refractivity contribution < 1.29 is 14.2 Å². The van der Waals surface area contributed by atoms with Crippen LogP contribution in [0.25, 0.3) is 0 Å². The Morgan fingerprint density at radius 2 is 2.10 bits per heavy atom. The average Bonchev–Trinajstić information content (AvgIpc) is 2.47. The van der Waals surface area contributed by atoms with E-state index in [1.54, 1.807) is 13.2 Å². The lowest BCUT2D eigenvalue weighted by atomic mass is 10.1. The number of methoxy groups -OCH3 is 1. The van der Waals surface area contributed by atoms with Gasteiger partial charge in [0.05, 0.1) is 7.11 Å². The number of phenolic OH excluding ortho intramolecular Hbond substituents is 1. The van der Waals surface area contributed by atoms with E-state index >= 15 is 0 Å². The van der Waals surface area contributed by atoms with Crippen LogP contribution in [0.2, 0.25) is 5.02 Å². The molecule has 0 heterocycles. The van der Waals surface area contributed by atoms with E-state index in [1.807, 2.05) is 19.1 Å². The summed E-state index contributed by atoms with van der Waals surface area (Å²) in [5, 5.41) is 13.6. The molecule has 0 amide bonds. The first kappa shape index (κ1) is 15.6. The van der Waals surface area contributed by atoms with Crippen molar-refractivity contribution in [2.45, 2.75) is 19.5 Å². The first-order valence-corrected chi connectivity index (χ1v) is 6.94. The highest BCUT2D eigenvalue weighted by Gasteiger charge is 2.13. The van der Waals surface area contributed by atoms with Crippen molar-refractivity contribution in [1.82, 2.24) is 5.32 Å². The van der Waals surface area contributed by atoms with Gasteiger partial charge in [-0.2, -0.15) is 0 Å². The van der Waals surface area contributed by atoms with Crippen molar-refractivity contribution in [3.63, 3.8) is 0 Å². The quantitative estimate of drug-likeness (QED) is 0.875. The predicted molar refractivity (Wildman–Crippen MR) is 81.3 cm³/mol. The maximum Gasteiger partial charge on any atom is 0.124 e. The SMILES string of the molecule is COc1cccc(Cl)c1CNC(C)c1cc(F)ccc1O. The molecule has 1 atom stereocenters. The molecule has 0 spiro atoms. The number of hydrogen-bond acceptors (Lipinski definition) is 3. The fraction of sp³-hybridized carbons (Fsp3) is 0.250. The van der Waals surface area contributed by atoms with E-state index in [9.17, 15) is 9.50 Å². The number of phenols is 1. The van der Waals surface area contributed by atoms with E-state index in [0.29, 0.717) is 22.9 Å². The summed E-state index contributed by atoms with van der Waals surface area (Å²) in [5.41, 5.74) is 1.32. The molecule has 0 aliphatic carbocycles. The number of hydrogen-bond donors (Lipinski definition) is 2. The Bertz CT molecular complexity index is 634. The summed E-state index contributed by atoms with van der Waals surface area (Å²) in [5.74, 6) is 0.361. The minimum atomic E-state index is -0.383. The van der Waals surface area contributed by atoms with Crippen molar-refractivity contribution >= 4 is 11.6 Å². The Morgan fingerprint density at radius 1 is 1.33 bits per heavy atom. The molecule has 21 heavy (non-hydrogen) atoms. The lowest BCUT2D eigenvalue weighted by Gasteiger charge is -2.17. The highest BCUT2D eigenvalue weighted by molar-refractivity contribution is 6.31. The average molecular weight is 310 g/mol. The molecule has 0 saturated carbocycles. The van der Waals surface area contributed by atoms with Crippen LogP contribution < -0.4 is 10.1 Å². The van der Waals surface area contributed by atoms with E-state index in [4.69, 9.17) is 16.3 Å². The van der Waals surface area contributed by atoms with Gasteiger partial charge in [-0.05, 0) is 37.3 Å². The van der Waals surface area contributed by atoms with Crippen molar-refractivity contribution in [2.75, 3.05) is 7.11 Å². The topological polar surface area (TPSA) is 41.5 Å². The fourth-order valence-corrected chi connectivity index (χ4v) is 2.37. The van der Waals surface area contributed by atoms with E-state index in [-0.39, 0.29) is 17.6 Å². The van der Waals surface area contributed by atoms with E-state index in [0.717, 1.165) is 5.56 Å². The van der Waals surface area contributed by atoms with Gasteiger partial charge >= 0.3 is 0 Å². The Balaban J connectivity index is 2.15. The molecule has 0 aliphatic heterocycles. The van der Waals surface area contributed by atoms with Gasteiger partial charge in [-0.1, -0.05) is 17.7 Å². The van der Waals surface area contributed by atoms with Crippen molar-refractivity contribution in [1.29, 1.82) is 0 Å². The molecule has 5 heteroatoms. The third kappa shape index (κ3) is 3.65. The number of rotatable bonds is 5. The third-order valence-electron chi connectivity index (χ3n) is 3.34. The zero-order valence-corrected chi connectivity index (χ0v) is 12.6. The Morgan fingerprint density at radius 3 is 2.81 bits per heavy atom. The standard InChI is InChI=1S/C16H17ClFNO2/c1-10(12-8-11(18)6-7-15(12)20)19-9-13-14(17)4-3-5-16(13)21-2/h3-8,10,19-20H,9H2,1-2H3. The molecule has 0 saturated heterocycles. The molecule has 112 valence electrons. The summed E-state index contributed by atoms with van der Waals surface area (Å²) in [6.07, 6.45) is 0. The van der Waals surface area contributed by atoms with Crippen LogP contribution in [-0.2, 0) is 6.54 Å². The molecular formula is C16H17ClFNO2. The summed E-state index contributed by atoms with van der Waals surface area (Å²) >= 11 is 6.16. The molecule has 0 aromatic heterocycles. The summed E-state index contributed by atoms with van der Waals surface area (Å²) in [6, 6.07) is 9.07. The number of benzene rings is 2. The Hall–Kier alpha value is -1.78. The van der Waals surface area contributed by atoms with Gasteiger partial charge in [-0.3, -0.25) is 0 Å². The zero-order valence-electron chi connectivity index (χ0n) is 11.9. The summed E-state index contributed by atoms with van der Waals surface area (Å²) < 4.78 is 18.5. The first-order valence-electron chi connectivity index (χ1n) is 6.56. The summed E-state index contributed by atoms with van der Waals surface area (Å²) in [6.45, 7) is 2.29. The van der Waals surface area contributed by atoms with Crippen LogP contribution in [0.15, 0.2) is 36.4 Å². The van der Waals surface area contributed by atoms with Crippen LogP contribution >= 0.6 is 11.6 Å². The van der Waals surface area contributed by atoms with Crippen LogP contribution in [0, 0.1) is 5.82 Å². The van der Waals surface area contributed by atoms with Gasteiger partial charge in [0.2, 0.25) is 0 Å². The molecule has 2 aromatic carbocycles. The molecular weight excluding hydrogens is 293 g/mol. The van der Waals surface area contributed by atoms with Gasteiger partial charge in [-0.25, -0.2) is 4.39 Å². The van der Waals surface area contributed by atoms with Gasteiger partial charge in [0.25, 0.3) is 0 Å². The molecule has 3 nitrogen and oxygen atoms in total. The number of nitrogens with one attached hydrogen (secondary N) is 1. The van der Waals surface area contributed by atoms with Gasteiger partial charge in [0.15, 0.2) is 0 Å². The normalized spacial score (nSPS) is 12.2. The third-order valence-corrected chi connectivity index (χ3v) is 3.69. The number of halogens is 2. The van der Waals surface area contributed by atoms with Crippen LogP contribution in [0.1, 0.15) is 24.1 Å². The molecule has 2 aromatic rings. The van der Waals surface area contributed by atoms with Gasteiger partial charge in [0, 0.05) is 28.7 Å². The lowest BCUT2D eigenvalue weighted by molar-refractivity contribution is 0.405. The summed E-state index contributed by atoms with van der Waals surface area (Å²) in [4.78, 5) is 0. The van der Waals surface area contributed by atoms with E-state index in [2.05, 4.69) is 5.32 Å². The molecule has 1 unspecified atom stereocenters. The molecule has 0 radical (unpaired) electrons. The molecule has 0 fully saturated rings. The molecule has 0 bridgehead atoms. The summed E-state index contributed by atoms with van der Waals surface area (Å²) in [7, 11) is 1.58. The zero-order chi connectivity index (χ0) is 15.4. The van der Waals surface area contributed by atoms with Crippen molar-refractivity contribution in [2.24, 2.45) is 0 Å². The van der Waals surface area contributed by atoms with Crippen LogP contribution in [0.4, 0.5) is 4.39 Å². The van der Waals surface area contributed by atoms with Crippen molar-refractivity contribution in [3.8, 4) is 11.5 Å². The largest absolute Gasteiger partial charge is 0.508 e. The van der Waals surface area contributed by atoms with E-state index in [1.165, 1.54) is 18.2 Å². The van der Waals surface area contributed by atoms with E-state index < -0.39 is 0 Å². The van der Waals surface area contributed by atoms with Crippen molar-refractivity contribution in [3.05, 3.63) is 58.4 Å². The monoisotopic (exact) mass is 309 g/mol. The molecule has 0 aliphatic rings. The fourth-order valence-electron chi connectivity index (χ4n) is 2.14. The second-order valence-electron chi connectivity index (χ2n) is 4.73. The highest BCUT2D eigenvalue weighted by atomic mass is 35.5. The molecule has 2 N–H and O–H groups in total. The minimum absolute atomic E-state index is 0.0579. The molecule has 2 rings (SSSR count). The second-order valence-corrected chi connectivity index (χ2v) is 5.13. The van der Waals surface area contributed by atoms with Gasteiger partial charge in [0.1, 0.15) is 17.3 Å². The Labute approximate surface area is 128 Å². The maximum atomic E-state index is 13.3. The highest BCUT2D eigenvalue weighted by Crippen LogP contribution is 2.28. The maximum absolute atomic E-state index is 13.3. The van der Waals surface area contributed by atoms with Crippen LogP contribution in [0.3, 0.4) is 0 Å². The van der Waals surface area contributed by atoms with Crippen LogP contribution in [0.5, 0.6) is 11.5 Å². The first-order chi connectivity index (χ1) is 10.0. The lowest BCUT2D eigenvalue weighted by Crippen LogP contribution is -2.19. The van der Waals surface area contributed by atoms with Crippen LogP contribution in [-0.4, -0.2) is 12.2 Å². The van der Waals surface area contributed by atoms with Gasteiger partial charge < -0.3 is 15.2 Å². The number of aromatic hydroxyl groups is 1. The smallest absolute Gasteiger partial charge is 0.124 e. The second kappa shape index (κ2) is 6.78. The minimum Gasteiger partial charge on any atom is -0.508 e. The Kier molecular flexibility index (Phi) is 5.04.